The highest BCUT2D eigenvalue weighted by Crippen LogP contribution is 2.44. The molecule has 2 N–H and O–H groups in total. The zero-order valence-corrected chi connectivity index (χ0v) is 23.6. The minimum atomic E-state index is -1.06. The number of ether oxygens (including phenoxy) is 2. The molecule has 1 fully saturated rings. The molecule has 0 radical (unpaired) electrons. The summed E-state index contributed by atoms with van der Waals surface area (Å²) >= 11 is 0. The van der Waals surface area contributed by atoms with E-state index in [1.165, 1.54) is 4.90 Å². The van der Waals surface area contributed by atoms with Gasteiger partial charge in [0, 0.05) is 19.0 Å². The van der Waals surface area contributed by atoms with Crippen molar-refractivity contribution in [2.45, 2.75) is 45.4 Å². The van der Waals surface area contributed by atoms with Gasteiger partial charge in [-0.15, -0.1) is 0 Å². The number of aliphatic carboxylic acids is 1. The number of carbonyl (C=O) groups excluding carboxylic acids is 2. The van der Waals surface area contributed by atoms with Crippen molar-refractivity contribution in [1.29, 1.82) is 0 Å². The van der Waals surface area contributed by atoms with E-state index in [2.05, 4.69) is 17.4 Å². The molecule has 3 unspecified atom stereocenters. The Labute approximate surface area is 240 Å². The number of hydrogen-bond donors (Lipinski definition) is 2. The van der Waals surface area contributed by atoms with E-state index < -0.39 is 41.4 Å². The van der Waals surface area contributed by atoms with Crippen molar-refractivity contribution in [3.63, 3.8) is 0 Å². The molecule has 3 aromatic carbocycles. The van der Waals surface area contributed by atoms with E-state index >= 15 is 0 Å². The number of carboxylic acids is 1. The second-order valence-electron chi connectivity index (χ2n) is 11.5. The van der Waals surface area contributed by atoms with Gasteiger partial charge in [-0.3, -0.25) is 9.59 Å². The topological polar surface area (TPSA) is 105 Å². The molecule has 0 aromatic heterocycles. The zero-order valence-electron chi connectivity index (χ0n) is 23.6. The highest BCUT2D eigenvalue weighted by atomic mass is 16.5. The van der Waals surface area contributed by atoms with Crippen molar-refractivity contribution >= 4 is 18.0 Å². The van der Waals surface area contributed by atoms with E-state index in [0.29, 0.717) is 0 Å². The quantitative estimate of drug-likeness (QED) is 0.381. The van der Waals surface area contributed by atoms with Crippen LogP contribution < -0.4 is 5.32 Å². The lowest BCUT2D eigenvalue weighted by atomic mass is 9.82. The number of benzene rings is 3. The molecular formula is C33H36N2O6. The van der Waals surface area contributed by atoms with Gasteiger partial charge < -0.3 is 24.8 Å². The molecule has 3 aromatic rings. The molecule has 1 aliphatic carbocycles. The minimum Gasteiger partial charge on any atom is -0.481 e. The largest absolute Gasteiger partial charge is 0.481 e. The molecular weight excluding hydrogens is 520 g/mol. The van der Waals surface area contributed by atoms with Crippen LogP contribution in [0.2, 0.25) is 0 Å². The number of alkyl carbamates (subject to hydrolysis) is 1. The highest BCUT2D eigenvalue weighted by Gasteiger charge is 2.47. The van der Waals surface area contributed by atoms with Crippen LogP contribution in [-0.2, 0) is 25.7 Å². The van der Waals surface area contributed by atoms with Crippen LogP contribution in [-0.4, -0.2) is 59.8 Å². The van der Waals surface area contributed by atoms with Crippen molar-refractivity contribution in [3.05, 3.63) is 95.6 Å². The van der Waals surface area contributed by atoms with Gasteiger partial charge in [0.15, 0.2) is 0 Å². The number of carbonyl (C=O) groups is 3. The summed E-state index contributed by atoms with van der Waals surface area (Å²) in [5.41, 5.74) is 4.75. The number of hydrogen-bond acceptors (Lipinski definition) is 5. The molecule has 0 bridgehead atoms. The van der Waals surface area contributed by atoms with Gasteiger partial charge >= 0.3 is 12.1 Å². The molecule has 1 aliphatic heterocycles. The Balaban J connectivity index is 1.30. The number of nitrogens with zero attached hydrogens (tertiary/aromatic N) is 1. The summed E-state index contributed by atoms with van der Waals surface area (Å²) in [5.74, 6) is -2.16. The fraction of sp³-hybridized carbons (Fsp3) is 0.364. The first kappa shape index (κ1) is 28.4. The van der Waals surface area contributed by atoms with Crippen LogP contribution in [0.25, 0.3) is 11.1 Å². The number of carboxylic acid groups (broad SMARTS) is 1. The average Bonchev–Trinajstić information content (AvgIpc) is 3.47. The number of rotatable bonds is 9. The number of nitrogens with one attached hydrogen (secondary N) is 1. The van der Waals surface area contributed by atoms with Crippen molar-refractivity contribution < 1.29 is 29.0 Å². The maximum absolute atomic E-state index is 13.8. The summed E-state index contributed by atoms with van der Waals surface area (Å²) in [5, 5.41) is 12.5. The first-order valence-corrected chi connectivity index (χ1v) is 13.9. The van der Waals surface area contributed by atoms with Gasteiger partial charge in [0.1, 0.15) is 12.6 Å². The SMILES string of the molecule is CC(OCc1ccccc1)C(NC(=O)OCC1c2ccccc2-c2ccccc21)C(=O)N1CC(C(=O)O)C(C)(C)C1. The van der Waals surface area contributed by atoms with Gasteiger partial charge in [0.05, 0.1) is 18.6 Å². The molecule has 5 rings (SSSR count). The van der Waals surface area contributed by atoms with Crippen LogP contribution in [0.15, 0.2) is 78.9 Å². The maximum atomic E-state index is 13.8. The lowest BCUT2D eigenvalue weighted by Crippen LogP contribution is -2.54. The second kappa shape index (κ2) is 11.7. The Hall–Kier alpha value is -4.17. The van der Waals surface area contributed by atoms with Crippen molar-refractivity contribution in [2.24, 2.45) is 11.3 Å². The van der Waals surface area contributed by atoms with Crippen LogP contribution >= 0.6 is 0 Å². The van der Waals surface area contributed by atoms with Crippen LogP contribution in [0.4, 0.5) is 4.79 Å². The van der Waals surface area contributed by atoms with Crippen molar-refractivity contribution in [3.8, 4) is 11.1 Å². The summed E-state index contributed by atoms with van der Waals surface area (Å²) in [6, 6.07) is 24.6. The summed E-state index contributed by atoms with van der Waals surface area (Å²) in [4.78, 5) is 40.3. The predicted octanol–water partition coefficient (Wildman–Crippen LogP) is 5.07. The van der Waals surface area contributed by atoms with Gasteiger partial charge in [0.25, 0.3) is 0 Å². The van der Waals surface area contributed by atoms with Crippen LogP contribution in [0, 0.1) is 11.3 Å². The number of fused-ring (bicyclic) bond motifs is 3. The maximum Gasteiger partial charge on any atom is 0.407 e. The smallest absolute Gasteiger partial charge is 0.407 e. The molecule has 1 heterocycles. The summed E-state index contributed by atoms with van der Waals surface area (Å²) in [6.07, 6.45) is -1.43. The average molecular weight is 557 g/mol. The van der Waals surface area contributed by atoms with Crippen molar-refractivity contribution in [2.75, 3.05) is 19.7 Å². The molecule has 8 heteroatoms. The molecule has 0 saturated carbocycles. The Morgan fingerprint density at radius 1 is 0.951 bits per heavy atom. The summed E-state index contributed by atoms with van der Waals surface area (Å²) < 4.78 is 11.8. The Morgan fingerprint density at radius 2 is 1.54 bits per heavy atom. The third kappa shape index (κ3) is 5.98. The monoisotopic (exact) mass is 556 g/mol. The highest BCUT2D eigenvalue weighted by molar-refractivity contribution is 5.87. The minimum absolute atomic E-state index is 0.0649. The molecule has 214 valence electrons. The van der Waals surface area contributed by atoms with Crippen molar-refractivity contribution in [1.82, 2.24) is 10.2 Å². The van der Waals surface area contributed by atoms with Gasteiger partial charge in [-0.25, -0.2) is 4.79 Å². The van der Waals surface area contributed by atoms with Gasteiger partial charge in [-0.1, -0.05) is 92.7 Å². The fourth-order valence-corrected chi connectivity index (χ4v) is 5.96. The van der Waals surface area contributed by atoms with Crippen LogP contribution in [0.5, 0.6) is 0 Å². The van der Waals surface area contributed by atoms with E-state index in [1.807, 2.05) is 80.6 Å². The zero-order chi connectivity index (χ0) is 29.1. The fourth-order valence-electron chi connectivity index (χ4n) is 5.96. The number of likely N-dealkylation sites (tertiary alicyclic amines) is 1. The molecule has 1 saturated heterocycles. The summed E-state index contributed by atoms with van der Waals surface area (Å²) in [7, 11) is 0. The van der Waals surface area contributed by atoms with E-state index in [-0.39, 0.29) is 32.2 Å². The Kier molecular flexibility index (Phi) is 8.13. The van der Waals surface area contributed by atoms with Crippen LogP contribution in [0.1, 0.15) is 43.4 Å². The molecule has 41 heavy (non-hydrogen) atoms. The third-order valence-corrected chi connectivity index (χ3v) is 8.26. The van der Waals surface area contributed by atoms with E-state index in [9.17, 15) is 19.5 Å². The van der Waals surface area contributed by atoms with E-state index in [0.717, 1.165) is 27.8 Å². The lowest BCUT2D eigenvalue weighted by Gasteiger charge is -2.29. The standard InChI is InChI=1S/C33H36N2O6/c1-21(40-18-22-11-5-4-6-12-22)29(30(36)35-17-28(31(37)38)33(2,3)20-35)34-32(39)41-19-27-25-15-9-7-13-23(25)24-14-8-10-16-26(24)27/h4-16,21,27-29H,17-20H2,1-3H3,(H,34,39)(H,37,38). The molecule has 8 nitrogen and oxygen atoms in total. The van der Waals surface area contributed by atoms with Crippen LogP contribution in [0.3, 0.4) is 0 Å². The molecule has 3 atom stereocenters. The predicted molar refractivity (Wildman–Crippen MR) is 154 cm³/mol. The second-order valence-corrected chi connectivity index (χ2v) is 11.5. The van der Waals surface area contributed by atoms with E-state index in [4.69, 9.17) is 9.47 Å². The normalized spacial score (nSPS) is 18.7. The number of amides is 2. The Bertz CT molecular complexity index is 1380. The van der Waals surface area contributed by atoms with E-state index in [1.54, 1.807) is 6.92 Å². The first-order valence-electron chi connectivity index (χ1n) is 13.9. The molecule has 0 spiro atoms. The van der Waals surface area contributed by atoms with Gasteiger partial charge in [0.2, 0.25) is 5.91 Å². The Morgan fingerprint density at radius 3 is 2.12 bits per heavy atom. The van der Waals surface area contributed by atoms with Gasteiger partial charge in [-0.05, 0) is 40.2 Å². The first-order chi connectivity index (χ1) is 19.7. The van der Waals surface area contributed by atoms with Gasteiger partial charge in [-0.2, -0.15) is 0 Å². The molecule has 2 amide bonds. The third-order valence-electron chi connectivity index (χ3n) is 8.26. The lowest BCUT2D eigenvalue weighted by molar-refractivity contribution is -0.144. The molecule has 2 aliphatic rings. The summed E-state index contributed by atoms with van der Waals surface area (Å²) in [6.45, 7) is 6.08.